The third kappa shape index (κ3) is 1.55. The summed E-state index contributed by atoms with van der Waals surface area (Å²) in [6.07, 6.45) is 4.05. The molecule has 1 aromatic rings. The van der Waals surface area contributed by atoms with Crippen molar-refractivity contribution < 1.29 is 9.21 Å². The standard InChI is InChI=1S/C8H11N3O2/c9-6-1-2-11(7(12)3-6)8-4-10-5-13-8/h4-6H,1-3,9H2. The molecule has 2 N–H and O–H groups in total. The third-order valence-electron chi connectivity index (χ3n) is 2.15. The molecule has 1 fully saturated rings. The Morgan fingerprint density at radius 1 is 1.69 bits per heavy atom. The van der Waals surface area contributed by atoms with Crippen molar-refractivity contribution in [3.63, 3.8) is 0 Å². The van der Waals surface area contributed by atoms with Crippen LogP contribution in [0.4, 0.5) is 5.88 Å². The number of rotatable bonds is 1. The lowest BCUT2D eigenvalue weighted by Crippen LogP contribution is -2.43. The number of hydrogen-bond donors (Lipinski definition) is 1. The van der Waals surface area contributed by atoms with Gasteiger partial charge < -0.3 is 10.2 Å². The molecular weight excluding hydrogens is 170 g/mol. The molecule has 1 aliphatic heterocycles. The van der Waals surface area contributed by atoms with E-state index in [2.05, 4.69) is 4.98 Å². The maximum Gasteiger partial charge on any atom is 0.230 e. The molecule has 5 nitrogen and oxygen atoms in total. The zero-order chi connectivity index (χ0) is 9.26. The Morgan fingerprint density at radius 2 is 2.54 bits per heavy atom. The summed E-state index contributed by atoms with van der Waals surface area (Å²) in [5.41, 5.74) is 5.65. The molecule has 0 spiro atoms. The summed E-state index contributed by atoms with van der Waals surface area (Å²) in [5.74, 6) is 0.521. The third-order valence-corrected chi connectivity index (χ3v) is 2.15. The Labute approximate surface area is 75.5 Å². The van der Waals surface area contributed by atoms with Crippen molar-refractivity contribution in [2.75, 3.05) is 11.4 Å². The van der Waals surface area contributed by atoms with Crippen LogP contribution in [0, 0.1) is 0 Å². The summed E-state index contributed by atoms with van der Waals surface area (Å²) in [5, 5.41) is 0. The summed E-state index contributed by atoms with van der Waals surface area (Å²) < 4.78 is 5.03. The normalized spacial score (nSPS) is 23.6. The summed E-state index contributed by atoms with van der Waals surface area (Å²) >= 11 is 0. The first kappa shape index (κ1) is 8.25. The van der Waals surface area contributed by atoms with Crippen molar-refractivity contribution >= 4 is 11.8 Å². The molecular formula is C8H11N3O2. The zero-order valence-corrected chi connectivity index (χ0v) is 7.14. The first-order chi connectivity index (χ1) is 6.27. The summed E-state index contributed by atoms with van der Waals surface area (Å²) in [6.45, 7) is 0.620. The number of aromatic nitrogens is 1. The Bertz CT molecular complexity index is 296. The summed E-state index contributed by atoms with van der Waals surface area (Å²) in [4.78, 5) is 16.8. The van der Waals surface area contributed by atoms with Crippen LogP contribution in [0.2, 0.25) is 0 Å². The van der Waals surface area contributed by atoms with Crippen molar-refractivity contribution in [2.45, 2.75) is 18.9 Å². The van der Waals surface area contributed by atoms with Crippen LogP contribution in [0.3, 0.4) is 0 Å². The van der Waals surface area contributed by atoms with E-state index in [1.54, 1.807) is 4.90 Å². The van der Waals surface area contributed by atoms with Crippen LogP contribution in [-0.2, 0) is 4.79 Å². The maximum atomic E-state index is 11.5. The van der Waals surface area contributed by atoms with Crippen LogP contribution >= 0.6 is 0 Å². The van der Waals surface area contributed by atoms with Crippen molar-refractivity contribution in [1.29, 1.82) is 0 Å². The van der Waals surface area contributed by atoms with Gasteiger partial charge in [0.05, 0.1) is 6.20 Å². The molecule has 0 bridgehead atoms. The zero-order valence-electron chi connectivity index (χ0n) is 7.14. The molecule has 1 atom stereocenters. The van der Waals surface area contributed by atoms with Gasteiger partial charge in [0.2, 0.25) is 11.8 Å². The molecule has 1 amide bonds. The fourth-order valence-electron chi connectivity index (χ4n) is 1.43. The highest BCUT2D eigenvalue weighted by atomic mass is 16.4. The molecule has 70 valence electrons. The summed E-state index contributed by atoms with van der Waals surface area (Å²) in [7, 11) is 0. The van der Waals surface area contributed by atoms with E-state index in [-0.39, 0.29) is 11.9 Å². The number of amides is 1. The van der Waals surface area contributed by atoms with Crippen molar-refractivity contribution in [1.82, 2.24) is 4.98 Å². The van der Waals surface area contributed by atoms with E-state index < -0.39 is 0 Å². The molecule has 1 aliphatic rings. The van der Waals surface area contributed by atoms with Gasteiger partial charge in [0.15, 0.2) is 6.39 Å². The minimum atomic E-state index is -0.00771. The summed E-state index contributed by atoms with van der Waals surface area (Å²) in [6, 6.07) is -0.00771. The molecule has 0 aliphatic carbocycles. The van der Waals surface area contributed by atoms with Gasteiger partial charge in [-0.2, -0.15) is 0 Å². The number of anilines is 1. The van der Waals surface area contributed by atoms with Gasteiger partial charge >= 0.3 is 0 Å². The van der Waals surface area contributed by atoms with Gasteiger partial charge in [0, 0.05) is 19.0 Å². The maximum absolute atomic E-state index is 11.5. The van der Waals surface area contributed by atoms with E-state index in [9.17, 15) is 4.79 Å². The van der Waals surface area contributed by atoms with Crippen LogP contribution in [0.5, 0.6) is 0 Å². The van der Waals surface area contributed by atoms with Gasteiger partial charge in [-0.25, -0.2) is 4.98 Å². The lowest BCUT2D eigenvalue weighted by atomic mass is 10.1. The molecule has 0 saturated carbocycles. The first-order valence-electron chi connectivity index (χ1n) is 4.22. The van der Waals surface area contributed by atoms with Gasteiger partial charge in [-0.1, -0.05) is 0 Å². The van der Waals surface area contributed by atoms with E-state index in [0.29, 0.717) is 18.8 Å². The fraction of sp³-hybridized carbons (Fsp3) is 0.500. The van der Waals surface area contributed by atoms with Gasteiger partial charge in [-0.05, 0) is 6.42 Å². The SMILES string of the molecule is NC1CCN(c2cnco2)C(=O)C1. The number of piperidine rings is 1. The second-order valence-electron chi connectivity index (χ2n) is 3.14. The Kier molecular flexibility index (Phi) is 2.02. The van der Waals surface area contributed by atoms with E-state index in [0.717, 1.165) is 6.42 Å². The average molecular weight is 181 g/mol. The lowest BCUT2D eigenvalue weighted by molar-refractivity contribution is -0.120. The number of oxazole rings is 1. The van der Waals surface area contributed by atoms with Crippen molar-refractivity contribution in [2.24, 2.45) is 5.73 Å². The Hall–Kier alpha value is -1.36. The topological polar surface area (TPSA) is 72.4 Å². The minimum Gasteiger partial charge on any atom is -0.427 e. The molecule has 1 aromatic heterocycles. The predicted molar refractivity (Wildman–Crippen MR) is 46.1 cm³/mol. The molecule has 2 rings (SSSR count). The number of carbonyl (C=O) groups excluding carboxylic acids is 1. The quantitative estimate of drug-likeness (QED) is 0.668. The minimum absolute atomic E-state index is 0.00771. The van der Waals surface area contributed by atoms with Gasteiger partial charge in [0.25, 0.3) is 0 Å². The van der Waals surface area contributed by atoms with Crippen LogP contribution < -0.4 is 10.6 Å². The largest absolute Gasteiger partial charge is 0.427 e. The molecule has 0 radical (unpaired) electrons. The Balaban J connectivity index is 2.13. The van der Waals surface area contributed by atoms with Crippen LogP contribution in [0.25, 0.3) is 0 Å². The number of nitrogens with two attached hydrogens (primary N) is 1. The van der Waals surface area contributed by atoms with E-state index >= 15 is 0 Å². The average Bonchev–Trinajstić information content (AvgIpc) is 2.56. The fourth-order valence-corrected chi connectivity index (χ4v) is 1.43. The van der Waals surface area contributed by atoms with Gasteiger partial charge in [0.1, 0.15) is 0 Å². The molecule has 0 aromatic carbocycles. The van der Waals surface area contributed by atoms with E-state index in [4.69, 9.17) is 10.2 Å². The highest BCUT2D eigenvalue weighted by molar-refractivity contribution is 5.93. The second-order valence-corrected chi connectivity index (χ2v) is 3.14. The smallest absolute Gasteiger partial charge is 0.230 e. The van der Waals surface area contributed by atoms with Crippen LogP contribution in [-0.4, -0.2) is 23.5 Å². The molecule has 1 unspecified atom stereocenters. The van der Waals surface area contributed by atoms with Gasteiger partial charge in [-0.3, -0.25) is 9.69 Å². The molecule has 5 heteroatoms. The second kappa shape index (κ2) is 3.18. The van der Waals surface area contributed by atoms with Crippen LogP contribution in [0.15, 0.2) is 17.0 Å². The molecule has 2 heterocycles. The van der Waals surface area contributed by atoms with Crippen molar-refractivity contribution in [3.05, 3.63) is 12.6 Å². The van der Waals surface area contributed by atoms with Crippen LogP contribution in [0.1, 0.15) is 12.8 Å². The number of hydrogen-bond acceptors (Lipinski definition) is 4. The number of nitrogens with zero attached hydrogens (tertiary/aromatic N) is 2. The molecule has 13 heavy (non-hydrogen) atoms. The highest BCUT2D eigenvalue weighted by Crippen LogP contribution is 2.19. The lowest BCUT2D eigenvalue weighted by Gasteiger charge is -2.27. The Morgan fingerprint density at radius 3 is 3.15 bits per heavy atom. The van der Waals surface area contributed by atoms with E-state index in [1.165, 1.54) is 12.6 Å². The highest BCUT2D eigenvalue weighted by Gasteiger charge is 2.26. The van der Waals surface area contributed by atoms with Gasteiger partial charge in [-0.15, -0.1) is 0 Å². The first-order valence-corrected chi connectivity index (χ1v) is 4.22. The molecule has 1 saturated heterocycles. The van der Waals surface area contributed by atoms with Crippen molar-refractivity contribution in [3.8, 4) is 0 Å². The van der Waals surface area contributed by atoms with E-state index in [1.807, 2.05) is 0 Å². The number of carbonyl (C=O) groups is 1. The predicted octanol–water partition coefficient (Wildman–Crippen LogP) is 0.129. The monoisotopic (exact) mass is 181 g/mol.